The molecule has 4 heterocycles. The van der Waals surface area contributed by atoms with Crippen LogP contribution in [0, 0.1) is 0 Å². The fourth-order valence-corrected chi connectivity index (χ4v) is 3.94. The highest BCUT2D eigenvalue weighted by molar-refractivity contribution is 5.75. The van der Waals surface area contributed by atoms with E-state index in [1.54, 1.807) is 10.8 Å². The van der Waals surface area contributed by atoms with Crippen LogP contribution in [0.25, 0.3) is 22.6 Å². The average molecular weight is 412 g/mol. The van der Waals surface area contributed by atoms with E-state index in [1.165, 1.54) is 4.57 Å². The molecule has 3 aromatic heterocycles. The lowest BCUT2D eigenvalue weighted by molar-refractivity contribution is 0.555. The first-order valence-corrected chi connectivity index (χ1v) is 10.8. The molecule has 0 aromatic carbocycles. The monoisotopic (exact) mass is 411 g/mol. The highest BCUT2D eigenvalue weighted by Gasteiger charge is 2.18. The molecule has 0 bridgehead atoms. The number of imidazole rings is 1. The number of aryl methyl sites for hydroxylation is 1. The Bertz CT molecular complexity index is 1120. The molecule has 1 fully saturated rings. The lowest BCUT2D eigenvalue weighted by Crippen LogP contribution is -2.40. The SMILES string of the molecule is CCCn1c(=O)c2[nH]c(-c3ccc(N4CCCNCC4)nc3)nc2n(CCC)c1=O. The maximum atomic E-state index is 12.9. The van der Waals surface area contributed by atoms with Crippen LogP contribution >= 0.6 is 0 Å². The minimum absolute atomic E-state index is 0.294. The van der Waals surface area contributed by atoms with Crippen LogP contribution in [0.1, 0.15) is 33.1 Å². The highest BCUT2D eigenvalue weighted by Crippen LogP contribution is 2.21. The number of hydrogen-bond acceptors (Lipinski definition) is 6. The van der Waals surface area contributed by atoms with Crippen molar-refractivity contribution in [2.75, 3.05) is 31.1 Å². The molecule has 1 aliphatic heterocycles. The van der Waals surface area contributed by atoms with Gasteiger partial charge in [-0.2, -0.15) is 0 Å². The second-order valence-corrected chi connectivity index (χ2v) is 7.67. The predicted molar refractivity (Wildman–Crippen MR) is 118 cm³/mol. The molecule has 9 heteroatoms. The fraction of sp³-hybridized carbons (Fsp3) is 0.524. The van der Waals surface area contributed by atoms with Crippen molar-refractivity contribution in [2.24, 2.45) is 0 Å². The van der Waals surface area contributed by atoms with Gasteiger partial charge in [-0.15, -0.1) is 0 Å². The molecule has 0 unspecified atom stereocenters. The number of H-pyrrole nitrogens is 1. The number of aromatic nitrogens is 5. The summed E-state index contributed by atoms with van der Waals surface area (Å²) in [5, 5.41) is 3.39. The standard InChI is InChI=1S/C21H29N7O2/c1-3-10-27-19-17(20(29)28(11-4-2)21(27)30)24-18(25-19)15-6-7-16(23-14-15)26-12-5-8-22-9-13-26/h6-7,14,22H,3-5,8-13H2,1-2H3,(H,24,25). The number of fused-ring (bicyclic) bond motifs is 1. The zero-order valence-corrected chi connectivity index (χ0v) is 17.6. The lowest BCUT2D eigenvalue weighted by Gasteiger charge is -2.20. The van der Waals surface area contributed by atoms with Gasteiger partial charge >= 0.3 is 5.69 Å². The van der Waals surface area contributed by atoms with Gasteiger partial charge in [0, 0.05) is 44.5 Å². The highest BCUT2D eigenvalue weighted by atomic mass is 16.2. The molecule has 3 aromatic rings. The molecule has 0 radical (unpaired) electrons. The molecule has 1 aliphatic rings. The Labute approximate surface area is 174 Å². The van der Waals surface area contributed by atoms with Crippen LogP contribution in [-0.4, -0.2) is 50.3 Å². The van der Waals surface area contributed by atoms with Crippen LogP contribution in [0.4, 0.5) is 5.82 Å². The minimum Gasteiger partial charge on any atom is -0.355 e. The number of anilines is 1. The van der Waals surface area contributed by atoms with Gasteiger partial charge in [-0.05, 0) is 37.9 Å². The zero-order valence-electron chi connectivity index (χ0n) is 17.6. The smallest absolute Gasteiger partial charge is 0.332 e. The Balaban J connectivity index is 1.74. The summed E-state index contributed by atoms with van der Waals surface area (Å²) in [5.41, 5.74) is 0.966. The minimum atomic E-state index is -0.315. The van der Waals surface area contributed by atoms with Gasteiger partial charge in [-0.1, -0.05) is 13.8 Å². The van der Waals surface area contributed by atoms with Gasteiger partial charge in [0.15, 0.2) is 5.65 Å². The summed E-state index contributed by atoms with van der Waals surface area (Å²) in [6, 6.07) is 3.95. The van der Waals surface area contributed by atoms with E-state index in [9.17, 15) is 9.59 Å². The van der Waals surface area contributed by atoms with Crippen molar-refractivity contribution in [3.63, 3.8) is 0 Å². The molecule has 160 valence electrons. The van der Waals surface area contributed by atoms with E-state index in [0.717, 1.165) is 50.4 Å². The lowest BCUT2D eigenvalue weighted by atomic mass is 10.2. The summed E-state index contributed by atoms with van der Waals surface area (Å²) in [7, 11) is 0. The Hall–Kier alpha value is -2.94. The summed E-state index contributed by atoms with van der Waals surface area (Å²) < 4.78 is 2.90. The topological polar surface area (TPSA) is 101 Å². The zero-order chi connectivity index (χ0) is 21.1. The average Bonchev–Trinajstić information content (AvgIpc) is 3.02. The first kappa shape index (κ1) is 20.3. The molecule has 30 heavy (non-hydrogen) atoms. The van der Waals surface area contributed by atoms with Crippen LogP contribution in [0.5, 0.6) is 0 Å². The largest absolute Gasteiger partial charge is 0.355 e. The number of rotatable bonds is 6. The molecular formula is C21H29N7O2. The van der Waals surface area contributed by atoms with E-state index < -0.39 is 0 Å². The van der Waals surface area contributed by atoms with E-state index in [1.807, 2.05) is 26.0 Å². The maximum absolute atomic E-state index is 12.9. The molecule has 0 atom stereocenters. The quantitative estimate of drug-likeness (QED) is 0.639. The van der Waals surface area contributed by atoms with Crippen molar-refractivity contribution < 1.29 is 0 Å². The molecular weight excluding hydrogens is 382 g/mol. The van der Waals surface area contributed by atoms with Crippen molar-refractivity contribution in [1.29, 1.82) is 0 Å². The van der Waals surface area contributed by atoms with Crippen LogP contribution in [0.15, 0.2) is 27.9 Å². The third kappa shape index (κ3) is 3.77. The molecule has 0 spiro atoms. The van der Waals surface area contributed by atoms with Crippen molar-refractivity contribution >= 4 is 17.0 Å². The predicted octanol–water partition coefficient (Wildman–Crippen LogP) is 1.57. The second kappa shape index (κ2) is 8.83. The molecule has 2 N–H and O–H groups in total. The summed E-state index contributed by atoms with van der Waals surface area (Å²) in [5.74, 6) is 1.49. The first-order valence-electron chi connectivity index (χ1n) is 10.8. The van der Waals surface area contributed by atoms with Gasteiger partial charge in [0.1, 0.15) is 17.2 Å². The van der Waals surface area contributed by atoms with Gasteiger partial charge < -0.3 is 15.2 Å². The number of hydrogen-bond donors (Lipinski definition) is 2. The summed E-state index contributed by atoms with van der Waals surface area (Å²) in [4.78, 5) is 40.4. The van der Waals surface area contributed by atoms with Crippen molar-refractivity contribution in [3.05, 3.63) is 39.2 Å². The Kier molecular flexibility index (Phi) is 5.98. The molecule has 1 saturated heterocycles. The van der Waals surface area contributed by atoms with E-state index in [-0.39, 0.29) is 11.2 Å². The van der Waals surface area contributed by atoms with Gasteiger partial charge in [0.25, 0.3) is 5.56 Å². The first-order chi connectivity index (χ1) is 14.6. The summed E-state index contributed by atoms with van der Waals surface area (Å²) in [6.45, 7) is 8.75. The van der Waals surface area contributed by atoms with Gasteiger partial charge in [-0.25, -0.2) is 14.8 Å². The summed E-state index contributed by atoms with van der Waals surface area (Å²) in [6.07, 6.45) is 4.36. The van der Waals surface area contributed by atoms with Gasteiger partial charge in [0.05, 0.1) is 0 Å². The van der Waals surface area contributed by atoms with E-state index in [4.69, 9.17) is 0 Å². The van der Waals surface area contributed by atoms with Gasteiger partial charge in [-0.3, -0.25) is 13.9 Å². The summed E-state index contributed by atoms with van der Waals surface area (Å²) >= 11 is 0. The van der Waals surface area contributed by atoms with Crippen LogP contribution < -0.4 is 21.5 Å². The molecule has 0 amide bonds. The van der Waals surface area contributed by atoms with Crippen molar-refractivity contribution in [1.82, 2.24) is 29.4 Å². The fourth-order valence-electron chi connectivity index (χ4n) is 3.94. The van der Waals surface area contributed by atoms with Crippen LogP contribution in [0.2, 0.25) is 0 Å². The third-order valence-electron chi connectivity index (χ3n) is 5.44. The molecule has 4 rings (SSSR count). The van der Waals surface area contributed by atoms with E-state index in [2.05, 4.69) is 25.2 Å². The van der Waals surface area contributed by atoms with Crippen molar-refractivity contribution in [3.8, 4) is 11.4 Å². The molecule has 0 aliphatic carbocycles. The number of nitrogens with one attached hydrogen (secondary N) is 2. The number of nitrogens with zero attached hydrogens (tertiary/aromatic N) is 5. The Morgan fingerprint density at radius 3 is 2.57 bits per heavy atom. The van der Waals surface area contributed by atoms with E-state index >= 15 is 0 Å². The Morgan fingerprint density at radius 1 is 1.03 bits per heavy atom. The molecule has 0 saturated carbocycles. The second-order valence-electron chi connectivity index (χ2n) is 7.67. The van der Waals surface area contributed by atoms with Crippen molar-refractivity contribution in [2.45, 2.75) is 46.2 Å². The normalized spacial score (nSPS) is 14.9. The van der Waals surface area contributed by atoms with E-state index in [0.29, 0.717) is 36.5 Å². The van der Waals surface area contributed by atoms with Crippen LogP contribution in [0.3, 0.4) is 0 Å². The Morgan fingerprint density at radius 2 is 1.83 bits per heavy atom. The third-order valence-corrected chi connectivity index (χ3v) is 5.44. The number of pyridine rings is 1. The van der Waals surface area contributed by atoms with Crippen LogP contribution in [-0.2, 0) is 13.1 Å². The number of aromatic amines is 1. The van der Waals surface area contributed by atoms with Gasteiger partial charge in [0.2, 0.25) is 0 Å². The maximum Gasteiger partial charge on any atom is 0.332 e. The molecule has 9 nitrogen and oxygen atoms in total.